The number of aromatic nitrogens is 1. The van der Waals surface area contributed by atoms with Gasteiger partial charge in [-0.25, -0.2) is 18.2 Å². The quantitative estimate of drug-likeness (QED) is 0.659. The number of hydrogen-bond donors (Lipinski definition) is 1. The molecule has 0 bridgehead atoms. The zero-order valence-electron chi connectivity index (χ0n) is 17.5. The molecule has 2 heterocycles. The normalized spacial score (nSPS) is 17.3. The van der Waals surface area contributed by atoms with Crippen molar-refractivity contribution in [1.82, 2.24) is 14.8 Å². The van der Waals surface area contributed by atoms with Crippen molar-refractivity contribution in [2.75, 3.05) is 26.2 Å². The van der Waals surface area contributed by atoms with E-state index in [9.17, 15) is 27.9 Å². The van der Waals surface area contributed by atoms with Crippen LogP contribution in [-0.2, 0) is 4.79 Å². The lowest BCUT2D eigenvalue weighted by molar-refractivity contribution is -0.143. The van der Waals surface area contributed by atoms with Crippen LogP contribution in [0.15, 0.2) is 42.5 Å². The first kappa shape index (κ1) is 21.4. The fourth-order valence-corrected chi connectivity index (χ4v) is 4.07. The summed E-state index contributed by atoms with van der Waals surface area (Å²) in [6.45, 7) is 0.756. The van der Waals surface area contributed by atoms with Crippen LogP contribution in [0.5, 0.6) is 0 Å². The summed E-state index contributed by atoms with van der Waals surface area (Å²) < 4.78 is 43.2. The Labute approximate surface area is 187 Å². The number of aliphatic hydroxyl groups is 1. The molecule has 1 aromatic heterocycles. The minimum Gasteiger partial charge on any atom is -0.380 e. The Hall–Kier alpha value is -3.46. The second kappa shape index (κ2) is 7.84. The first-order valence-corrected chi connectivity index (χ1v) is 10.6. The number of piperazine rings is 1. The number of carbonyl (C=O) groups excluding carboxylic acids is 2. The number of rotatable bonds is 3. The Morgan fingerprint density at radius 2 is 1.58 bits per heavy atom. The summed E-state index contributed by atoms with van der Waals surface area (Å²) in [5.41, 5.74) is -1.20. The minimum absolute atomic E-state index is 0.108. The number of pyridine rings is 1. The molecular weight excluding hydrogens is 435 g/mol. The largest absolute Gasteiger partial charge is 0.380 e. The number of carbonyl (C=O) groups is 2. The molecule has 2 amide bonds. The molecule has 170 valence electrons. The van der Waals surface area contributed by atoms with Gasteiger partial charge in [-0.05, 0) is 49.2 Å². The fraction of sp³-hybridized carbons (Fsp3) is 0.292. The van der Waals surface area contributed by atoms with E-state index in [0.717, 1.165) is 0 Å². The lowest BCUT2D eigenvalue weighted by atomic mass is 10.0. The zero-order chi connectivity index (χ0) is 23.3. The molecule has 2 aromatic carbocycles. The number of nitrogens with zero attached hydrogens (tertiary/aromatic N) is 3. The summed E-state index contributed by atoms with van der Waals surface area (Å²) in [5.74, 6) is -3.91. The van der Waals surface area contributed by atoms with Crippen LogP contribution in [0.1, 0.15) is 23.2 Å². The maximum atomic E-state index is 14.9. The highest BCUT2D eigenvalue weighted by atomic mass is 19.2. The van der Waals surface area contributed by atoms with Crippen LogP contribution in [0, 0.1) is 17.5 Å². The van der Waals surface area contributed by atoms with Gasteiger partial charge in [0.25, 0.3) is 11.8 Å². The van der Waals surface area contributed by atoms with Gasteiger partial charge in [0.15, 0.2) is 11.6 Å². The van der Waals surface area contributed by atoms with Gasteiger partial charge < -0.3 is 14.9 Å². The van der Waals surface area contributed by atoms with Crippen molar-refractivity contribution in [3.63, 3.8) is 0 Å². The Morgan fingerprint density at radius 3 is 2.27 bits per heavy atom. The third-order valence-corrected chi connectivity index (χ3v) is 6.22. The standard InChI is InChI=1S/C24H20F3N3O3/c25-15-2-6-18-14(13-15)1-5-19(28-18)16-3-4-17(21(27)20(16)26)22(31)29-9-11-30(12-10-29)23(32)24(33)7-8-24/h1-6,13,33H,7-12H2. The second-order valence-corrected chi connectivity index (χ2v) is 8.44. The Balaban J connectivity index is 1.35. The predicted octanol–water partition coefficient (Wildman–Crippen LogP) is 3.13. The molecule has 2 aliphatic rings. The van der Waals surface area contributed by atoms with Crippen LogP contribution in [0.25, 0.3) is 22.2 Å². The Morgan fingerprint density at radius 1 is 0.879 bits per heavy atom. The third-order valence-electron chi connectivity index (χ3n) is 6.22. The van der Waals surface area contributed by atoms with Crippen LogP contribution in [0.3, 0.4) is 0 Å². The molecule has 0 radical (unpaired) electrons. The summed E-state index contributed by atoms with van der Waals surface area (Å²) in [7, 11) is 0. The highest BCUT2D eigenvalue weighted by Crippen LogP contribution is 2.37. The van der Waals surface area contributed by atoms with Crippen molar-refractivity contribution in [1.29, 1.82) is 0 Å². The van der Waals surface area contributed by atoms with E-state index in [1.807, 2.05) is 0 Å². The van der Waals surface area contributed by atoms with E-state index in [1.165, 1.54) is 46.2 Å². The van der Waals surface area contributed by atoms with Crippen molar-refractivity contribution in [3.8, 4) is 11.3 Å². The van der Waals surface area contributed by atoms with Crippen molar-refractivity contribution in [3.05, 3.63) is 65.5 Å². The van der Waals surface area contributed by atoms with Crippen LogP contribution >= 0.6 is 0 Å². The molecule has 9 heteroatoms. The zero-order valence-corrected chi connectivity index (χ0v) is 17.5. The lowest BCUT2D eigenvalue weighted by Crippen LogP contribution is -2.53. The minimum atomic E-state index is -1.28. The number of fused-ring (bicyclic) bond motifs is 1. The van der Waals surface area contributed by atoms with Gasteiger partial charge >= 0.3 is 0 Å². The topological polar surface area (TPSA) is 73.7 Å². The molecule has 0 atom stereocenters. The summed E-state index contributed by atoms with van der Waals surface area (Å²) >= 11 is 0. The van der Waals surface area contributed by atoms with Gasteiger partial charge in [-0.15, -0.1) is 0 Å². The molecule has 1 aliphatic heterocycles. The van der Waals surface area contributed by atoms with E-state index < -0.39 is 34.5 Å². The molecule has 1 saturated carbocycles. The molecule has 2 fully saturated rings. The summed E-state index contributed by atoms with van der Waals surface area (Å²) in [6.07, 6.45) is 0.871. The first-order chi connectivity index (χ1) is 15.8. The number of hydrogen-bond acceptors (Lipinski definition) is 4. The number of benzene rings is 2. The maximum absolute atomic E-state index is 14.9. The average molecular weight is 455 g/mol. The van der Waals surface area contributed by atoms with Gasteiger partial charge in [-0.3, -0.25) is 9.59 Å². The highest BCUT2D eigenvalue weighted by Gasteiger charge is 2.50. The second-order valence-electron chi connectivity index (χ2n) is 8.44. The molecular formula is C24H20F3N3O3. The van der Waals surface area contributed by atoms with Crippen LogP contribution in [0.4, 0.5) is 13.2 Å². The van der Waals surface area contributed by atoms with Gasteiger partial charge in [0.05, 0.1) is 16.8 Å². The molecule has 0 spiro atoms. The monoisotopic (exact) mass is 455 g/mol. The van der Waals surface area contributed by atoms with E-state index in [-0.39, 0.29) is 43.3 Å². The molecule has 1 saturated heterocycles. The number of amides is 2. The summed E-state index contributed by atoms with van der Waals surface area (Å²) in [4.78, 5) is 32.2. The summed E-state index contributed by atoms with van der Waals surface area (Å²) in [6, 6.07) is 9.52. The molecule has 1 N–H and O–H groups in total. The molecule has 0 unspecified atom stereocenters. The van der Waals surface area contributed by atoms with Crippen molar-refractivity contribution in [2.24, 2.45) is 0 Å². The van der Waals surface area contributed by atoms with Gasteiger partial charge in [0.1, 0.15) is 11.4 Å². The lowest BCUT2D eigenvalue weighted by Gasteiger charge is -2.35. The average Bonchev–Trinajstić information content (AvgIpc) is 3.58. The van der Waals surface area contributed by atoms with Gasteiger partial charge in [-0.1, -0.05) is 6.07 Å². The SMILES string of the molecule is O=C(c1ccc(-c2ccc3cc(F)ccc3n2)c(F)c1F)N1CCN(C(=O)C2(O)CC2)CC1. The van der Waals surface area contributed by atoms with Crippen molar-refractivity contribution in [2.45, 2.75) is 18.4 Å². The summed E-state index contributed by atoms with van der Waals surface area (Å²) in [5, 5.41) is 10.5. The van der Waals surface area contributed by atoms with Crippen molar-refractivity contribution < 1.29 is 27.9 Å². The Kier molecular flexibility index (Phi) is 5.08. The van der Waals surface area contributed by atoms with Gasteiger partial charge in [0.2, 0.25) is 0 Å². The Bertz CT molecular complexity index is 1280. The van der Waals surface area contributed by atoms with E-state index in [4.69, 9.17) is 0 Å². The number of halogens is 3. The highest BCUT2D eigenvalue weighted by molar-refractivity contribution is 5.95. The first-order valence-electron chi connectivity index (χ1n) is 10.6. The maximum Gasteiger partial charge on any atom is 0.257 e. The third kappa shape index (κ3) is 3.82. The molecule has 3 aromatic rings. The van der Waals surface area contributed by atoms with Crippen molar-refractivity contribution >= 4 is 22.7 Å². The van der Waals surface area contributed by atoms with E-state index in [0.29, 0.717) is 23.7 Å². The van der Waals surface area contributed by atoms with E-state index >= 15 is 0 Å². The van der Waals surface area contributed by atoms with Gasteiger partial charge in [-0.2, -0.15) is 0 Å². The van der Waals surface area contributed by atoms with Crippen LogP contribution in [-0.4, -0.2) is 63.5 Å². The smallest absolute Gasteiger partial charge is 0.257 e. The van der Waals surface area contributed by atoms with E-state index in [1.54, 1.807) is 6.07 Å². The molecule has 33 heavy (non-hydrogen) atoms. The van der Waals surface area contributed by atoms with Crippen LogP contribution < -0.4 is 0 Å². The predicted molar refractivity (Wildman–Crippen MR) is 114 cm³/mol. The molecule has 1 aliphatic carbocycles. The van der Waals surface area contributed by atoms with Gasteiger partial charge in [0, 0.05) is 37.1 Å². The fourth-order valence-electron chi connectivity index (χ4n) is 4.07. The molecule has 5 rings (SSSR count). The molecule has 6 nitrogen and oxygen atoms in total. The van der Waals surface area contributed by atoms with E-state index in [2.05, 4.69) is 4.98 Å². The van der Waals surface area contributed by atoms with Crippen LogP contribution in [0.2, 0.25) is 0 Å².